The van der Waals surface area contributed by atoms with Gasteiger partial charge in [0.2, 0.25) is 0 Å². The number of rotatable bonds is 3. The lowest BCUT2D eigenvalue weighted by atomic mass is 9.85. The Bertz CT molecular complexity index is 355. The highest BCUT2D eigenvalue weighted by Crippen LogP contribution is 2.32. The van der Waals surface area contributed by atoms with Gasteiger partial charge in [-0.1, -0.05) is 26.8 Å². The molecule has 0 saturated heterocycles. The predicted octanol–water partition coefficient (Wildman–Crippen LogP) is 2.17. The second-order valence-electron chi connectivity index (χ2n) is 4.98. The molecule has 3 heteroatoms. The van der Waals surface area contributed by atoms with Crippen molar-refractivity contribution in [3.63, 3.8) is 0 Å². The number of nitrogens with two attached hydrogens (primary N) is 1. The standard InChI is InChI=1S/C13H22N2O/c1-13(2,3)10-8-9(12(14)15-4)6-7-11(10)16-5/h6-8,12,15H,14H2,1-5H3. The van der Waals surface area contributed by atoms with Crippen molar-refractivity contribution >= 4 is 0 Å². The average Bonchev–Trinajstić information content (AvgIpc) is 2.26. The van der Waals surface area contributed by atoms with E-state index in [-0.39, 0.29) is 11.6 Å². The molecule has 0 spiro atoms. The maximum Gasteiger partial charge on any atom is 0.122 e. The normalized spacial score (nSPS) is 13.6. The molecule has 3 nitrogen and oxygen atoms in total. The fourth-order valence-electron chi connectivity index (χ4n) is 1.67. The third-order valence-corrected chi connectivity index (χ3v) is 2.70. The van der Waals surface area contributed by atoms with Gasteiger partial charge in [-0.3, -0.25) is 0 Å². The predicted molar refractivity (Wildman–Crippen MR) is 67.7 cm³/mol. The molecule has 16 heavy (non-hydrogen) atoms. The van der Waals surface area contributed by atoms with Crippen LogP contribution in [0.4, 0.5) is 0 Å². The first-order valence-electron chi connectivity index (χ1n) is 5.51. The summed E-state index contributed by atoms with van der Waals surface area (Å²) < 4.78 is 5.38. The van der Waals surface area contributed by atoms with Crippen molar-refractivity contribution in [2.45, 2.75) is 32.4 Å². The van der Waals surface area contributed by atoms with E-state index in [9.17, 15) is 0 Å². The largest absolute Gasteiger partial charge is 0.496 e. The van der Waals surface area contributed by atoms with Crippen LogP contribution in [0.15, 0.2) is 18.2 Å². The summed E-state index contributed by atoms with van der Waals surface area (Å²) in [6, 6.07) is 6.09. The van der Waals surface area contributed by atoms with Crippen LogP contribution >= 0.6 is 0 Å². The third-order valence-electron chi connectivity index (χ3n) is 2.70. The van der Waals surface area contributed by atoms with Gasteiger partial charge in [-0.05, 0) is 35.7 Å². The fourth-order valence-corrected chi connectivity index (χ4v) is 1.67. The zero-order valence-electron chi connectivity index (χ0n) is 10.8. The number of nitrogens with one attached hydrogen (secondary N) is 1. The summed E-state index contributed by atoms with van der Waals surface area (Å²) in [7, 11) is 3.55. The molecule has 90 valence electrons. The van der Waals surface area contributed by atoms with E-state index in [4.69, 9.17) is 10.5 Å². The Morgan fingerprint density at radius 1 is 1.31 bits per heavy atom. The molecule has 0 amide bonds. The van der Waals surface area contributed by atoms with Crippen LogP contribution in [0.3, 0.4) is 0 Å². The van der Waals surface area contributed by atoms with Gasteiger partial charge in [-0.2, -0.15) is 0 Å². The molecule has 0 aliphatic heterocycles. The van der Waals surface area contributed by atoms with E-state index in [0.717, 1.165) is 11.3 Å². The quantitative estimate of drug-likeness (QED) is 0.771. The van der Waals surface area contributed by atoms with Crippen molar-refractivity contribution in [2.75, 3.05) is 14.2 Å². The van der Waals surface area contributed by atoms with E-state index in [1.165, 1.54) is 5.56 Å². The van der Waals surface area contributed by atoms with E-state index >= 15 is 0 Å². The molecule has 1 atom stereocenters. The zero-order valence-corrected chi connectivity index (χ0v) is 10.8. The van der Waals surface area contributed by atoms with E-state index in [2.05, 4.69) is 32.2 Å². The fraction of sp³-hybridized carbons (Fsp3) is 0.538. The van der Waals surface area contributed by atoms with E-state index < -0.39 is 0 Å². The highest BCUT2D eigenvalue weighted by molar-refractivity contribution is 5.42. The van der Waals surface area contributed by atoms with Crippen LogP contribution in [0.5, 0.6) is 5.75 Å². The molecule has 0 fully saturated rings. The molecule has 0 heterocycles. The second-order valence-corrected chi connectivity index (χ2v) is 4.98. The number of hydrogen-bond acceptors (Lipinski definition) is 3. The summed E-state index contributed by atoms with van der Waals surface area (Å²) >= 11 is 0. The SMILES string of the molecule is CNC(N)c1ccc(OC)c(C(C)(C)C)c1. The topological polar surface area (TPSA) is 47.3 Å². The lowest BCUT2D eigenvalue weighted by Crippen LogP contribution is -2.25. The van der Waals surface area contributed by atoms with Gasteiger partial charge in [0.05, 0.1) is 13.3 Å². The lowest BCUT2D eigenvalue weighted by molar-refractivity contribution is 0.397. The Morgan fingerprint density at radius 2 is 1.94 bits per heavy atom. The van der Waals surface area contributed by atoms with E-state index in [1.807, 2.05) is 19.2 Å². The highest BCUT2D eigenvalue weighted by Gasteiger charge is 2.20. The Hall–Kier alpha value is -1.06. The van der Waals surface area contributed by atoms with Crippen molar-refractivity contribution in [2.24, 2.45) is 5.73 Å². The molecule has 0 radical (unpaired) electrons. The van der Waals surface area contributed by atoms with Gasteiger partial charge in [0, 0.05) is 0 Å². The first kappa shape index (κ1) is 13.0. The summed E-state index contributed by atoms with van der Waals surface area (Å²) in [5.41, 5.74) is 8.25. The van der Waals surface area contributed by atoms with Crippen LogP contribution < -0.4 is 15.8 Å². The molecule has 0 aromatic heterocycles. The summed E-state index contributed by atoms with van der Waals surface area (Å²) in [5.74, 6) is 0.916. The molecule has 1 aromatic rings. The molecule has 1 unspecified atom stereocenters. The molecule has 1 rings (SSSR count). The monoisotopic (exact) mass is 222 g/mol. The molecule has 0 bridgehead atoms. The Morgan fingerprint density at radius 3 is 2.38 bits per heavy atom. The number of hydrogen-bond donors (Lipinski definition) is 2. The minimum absolute atomic E-state index is 0.0504. The van der Waals surface area contributed by atoms with Crippen LogP contribution in [0.1, 0.15) is 38.1 Å². The van der Waals surface area contributed by atoms with Crippen molar-refractivity contribution in [3.8, 4) is 5.75 Å². The number of methoxy groups -OCH3 is 1. The van der Waals surface area contributed by atoms with Crippen LogP contribution in [-0.2, 0) is 5.41 Å². The molecule has 0 aliphatic carbocycles. The van der Waals surface area contributed by atoms with Crippen LogP contribution in [0.2, 0.25) is 0 Å². The van der Waals surface area contributed by atoms with Crippen LogP contribution in [0.25, 0.3) is 0 Å². The molecule has 0 aliphatic rings. The van der Waals surface area contributed by atoms with Gasteiger partial charge in [0.25, 0.3) is 0 Å². The molecule has 1 aromatic carbocycles. The third kappa shape index (κ3) is 2.74. The van der Waals surface area contributed by atoms with Gasteiger partial charge in [-0.25, -0.2) is 0 Å². The molecular weight excluding hydrogens is 200 g/mol. The minimum atomic E-state index is -0.132. The first-order chi connectivity index (χ1) is 7.40. The smallest absolute Gasteiger partial charge is 0.122 e. The highest BCUT2D eigenvalue weighted by atomic mass is 16.5. The zero-order chi connectivity index (χ0) is 12.3. The summed E-state index contributed by atoms with van der Waals surface area (Å²) in [6.07, 6.45) is -0.132. The summed E-state index contributed by atoms with van der Waals surface area (Å²) in [6.45, 7) is 6.50. The lowest BCUT2D eigenvalue weighted by Gasteiger charge is -2.24. The Balaban J connectivity index is 3.22. The minimum Gasteiger partial charge on any atom is -0.496 e. The maximum atomic E-state index is 5.95. The van der Waals surface area contributed by atoms with Crippen molar-refractivity contribution in [3.05, 3.63) is 29.3 Å². The number of benzene rings is 1. The maximum absolute atomic E-state index is 5.95. The number of ether oxygens (including phenoxy) is 1. The molecule has 3 N–H and O–H groups in total. The summed E-state index contributed by atoms with van der Waals surface area (Å²) in [4.78, 5) is 0. The average molecular weight is 222 g/mol. The van der Waals surface area contributed by atoms with Gasteiger partial charge >= 0.3 is 0 Å². The van der Waals surface area contributed by atoms with Crippen LogP contribution in [0, 0.1) is 0 Å². The molecular formula is C13H22N2O. The second kappa shape index (κ2) is 4.85. The van der Waals surface area contributed by atoms with Crippen molar-refractivity contribution in [1.29, 1.82) is 0 Å². The van der Waals surface area contributed by atoms with Crippen LogP contribution in [-0.4, -0.2) is 14.2 Å². The Labute approximate surface area is 98.0 Å². The Kier molecular flexibility index (Phi) is 3.94. The van der Waals surface area contributed by atoms with Crippen molar-refractivity contribution in [1.82, 2.24) is 5.32 Å². The van der Waals surface area contributed by atoms with E-state index in [1.54, 1.807) is 7.11 Å². The summed E-state index contributed by atoms with van der Waals surface area (Å²) in [5, 5.41) is 3.03. The van der Waals surface area contributed by atoms with Gasteiger partial charge in [0.15, 0.2) is 0 Å². The first-order valence-corrected chi connectivity index (χ1v) is 5.51. The van der Waals surface area contributed by atoms with Crippen molar-refractivity contribution < 1.29 is 4.74 Å². The van der Waals surface area contributed by atoms with E-state index in [0.29, 0.717) is 0 Å². The van der Waals surface area contributed by atoms with Gasteiger partial charge in [-0.15, -0.1) is 0 Å². The van der Waals surface area contributed by atoms with Gasteiger partial charge < -0.3 is 15.8 Å². The van der Waals surface area contributed by atoms with Gasteiger partial charge in [0.1, 0.15) is 5.75 Å². The molecule has 0 saturated carbocycles.